The second-order valence-corrected chi connectivity index (χ2v) is 6.27. The summed E-state index contributed by atoms with van der Waals surface area (Å²) in [5.41, 5.74) is -0.287. The van der Waals surface area contributed by atoms with Crippen LogP contribution in [0.2, 0.25) is 0 Å². The van der Waals surface area contributed by atoms with Gasteiger partial charge in [0, 0.05) is 12.7 Å². The highest BCUT2D eigenvalue weighted by molar-refractivity contribution is 7.99. The molecule has 0 fully saturated rings. The molecule has 0 heterocycles. The zero-order valence-electron chi connectivity index (χ0n) is 11.7. The number of carboxylic acids is 1. The number of nitrogens with zero attached hydrogens (tertiary/aromatic N) is 1. The average Bonchev–Trinajstić information content (AvgIpc) is 2.31. The molecule has 0 aromatic heterocycles. The van der Waals surface area contributed by atoms with Crippen LogP contribution in [0.3, 0.4) is 0 Å². The van der Waals surface area contributed by atoms with Crippen LogP contribution in [0.4, 0.5) is 0 Å². The molecule has 0 bridgehead atoms. The lowest BCUT2D eigenvalue weighted by molar-refractivity contribution is -0.140. The maximum absolute atomic E-state index is 10.9. The zero-order chi connectivity index (χ0) is 14.9. The Balaban J connectivity index is 3.76. The molecular formula is C13H22N2O3S. The van der Waals surface area contributed by atoms with Crippen LogP contribution >= 0.6 is 11.8 Å². The monoisotopic (exact) mass is 286 g/mol. The average molecular weight is 286 g/mol. The van der Waals surface area contributed by atoms with Crippen LogP contribution in [0.5, 0.6) is 0 Å². The van der Waals surface area contributed by atoms with Gasteiger partial charge in [-0.15, -0.1) is 0 Å². The molecule has 0 aliphatic carbocycles. The minimum atomic E-state index is -1.01. The summed E-state index contributed by atoms with van der Waals surface area (Å²) < 4.78 is 0. The summed E-state index contributed by atoms with van der Waals surface area (Å²) in [7, 11) is 0. The van der Waals surface area contributed by atoms with Crippen LogP contribution in [0.1, 0.15) is 40.0 Å². The van der Waals surface area contributed by atoms with Gasteiger partial charge in [-0.2, -0.15) is 17.0 Å². The summed E-state index contributed by atoms with van der Waals surface area (Å²) in [6.07, 6.45) is 2.74. The third kappa shape index (κ3) is 9.37. The second-order valence-electron chi connectivity index (χ2n) is 5.12. The van der Waals surface area contributed by atoms with E-state index in [1.165, 1.54) is 18.7 Å². The van der Waals surface area contributed by atoms with Gasteiger partial charge in [-0.25, -0.2) is 4.79 Å². The number of thioether (sulfide) groups is 1. The summed E-state index contributed by atoms with van der Waals surface area (Å²) in [5, 5.41) is 20.2. The molecule has 0 aromatic rings. The fourth-order valence-electron chi connectivity index (χ4n) is 1.45. The van der Waals surface area contributed by atoms with Crippen molar-refractivity contribution in [3.05, 3.63) is 0 Å². The molecule has 6 heteroatoms. The predicted octanol–water partition coefficient (Wildman–Crippen LogP) is 2.03. The normalized spacial score (nSPS) is 12.5. The first-order valence-electron chi connectivity index (χ1n) is 6.27. The Kier molecular flexibility index (Phi) is 8.24. The smallest absolute Gasteiger partial charge is 0.327 e. The standard InChI is InChI=1S/C13H22N2O3S/c1-10(16)15-11(12(17)18)8-19-7-5-4-6-13(2,3)9-14/h11H,4-8H2,1-3H3,(H,15,16)(H,17,18). The lowest BCUT2D eigenvalue weighted by atomic mass is 9.89. The first kappa shape index (κ1) is 17.8. The highest BCUT2D eigenvalue weighted by atomic mass is 32.2. The van der Waals surface area contributed by atoms with Crippen molar-refractivity contribution in [3.8, 4) is 6.07 Å². The molecule has 0 radical (unpaired) electrons. The van der Waals surface area contributed by atoms with E-state index in [1.54, 1.807) is 0 Å². The van der Waals surface area contributed by atoms with Gasteiger partial charge in [-0.3, -0.25) is 4.79 Å². The molecule has 0 aliphatic rings. The van der Waals surface area contributed by atoms with Crippen molar-refractivity contribution >= 4 is 23.6 Å². The minimum Gasteiger partial charge on any atom is -0.480 e. The van der Waals surface area contributed by atoms with Crippen LogP contribution < -0.4 is 5.32 Å². The maximum atomic E-state index is 10.9. The van der Waals surface area contributed by atoms with Crippen LogP contribution in [-0.2, 0) is 9.59 Å². The fraction of sp³-hybridized carbons (Fsp3) is 0.769. The molecule has 0 rings (SSSR count). The number of hydrogen-bond acceptors (Lipinski definition) is 4. The van der Waals surface area contributed by atoms with Gasteiger partial charge in [-0.05, 0) is 32.4 Å². The number of hydrogen-bond donors (Lipinski definition) is 2. The summed E-state index contributed by atoms with van der Waals surface area (Å²) >= 11 is 1.51. The topological polar surface area (TPSA) is 90.2 Å². The number of carbonyl (C=O) groups excluding carboxylic acids is 1. The van der Waals surface area contributed by atoms with E-state index < -0.39 is 12.0 Å². The Bertz CT molecular complexity index is 350. The van der Waals surface area contributed by atoms with Gasteiger partial charge >= 0.3 is 5.97 Å². The van der Waals surface area contributed by atoms with Gasteiger partial charge in [0.05, 0.1) is 11.5 Å². The van der Waals surface area contributed by atoms with E-state index >= 15 is 0 Å². The Morgan fingerprint density at radius 1 is 1.42 bits per heavy atom. The number of rotatable bonds is 9. The Morgan fingerprint density at radius 3 is 2.53 bits per heavy atom. The molecule has 1 amide bonds. The summed E-state index contributed by atoms with van der Waals surface area (Å²) in [5.74, 6) is -0.126. The third-order valence-electron chi connectivity index (χ3n) is 2.60. The number of carboxylic acid groups (broad SMARTS) is 1. The molecule has 19 heavy (non-hydrogen) atoms. The summed E-state index contributed by atoms with van der Waals surface area (Å²) in [6, 6.07) is 1.43. The number of carbonyl (C=O) groups is 2. The molecular weight excluding hydrogens is 264 g/mol. The van der Waals surface area contributed by atoms with Crippen molar-refractivity contribution in [1.82, 2.24) is 5.32 Å². The zero-order valence-corrected chi connectivity index (χ0v) is 12.5. The largest absolute Gasteiger partial charge is 0.480 e. The lowest BCUT2D eigenvalue weighted by Crippen LogP contribution is -2.41. The minimum absolute atomic E-state index is 0.287. The SMILES string of the molecule is CC(=O)NC(CSCCCCC(C)(C)C#N)C(=O)O. The first-order chi connectivity index (χ1) is 8.78. The van der Waals surface area contributed by atoms with Crippen LogP contribution in [0, 0.1) is 16.7 Å². The van der Waals surface area contributed by atoms with Gasteiger partial charge in [-0.1, -0.05) is 6.42 Å². The van der Waals surface area contributed by atoms with Gasteiger partial charge in [0.15, 0.2) is 0 Å². The summed E-state index contributed by atoms with van der Waals surface area (Å²) in [4.78, 5) is 21.7. The van der Waals surface area contributed by atoms with Crippen molar-refractivity contribution < 1.29 is 14.7 Å². The van der Waals surface area contributed by atoms with E-state index in [2.05, 4.69) is 11.4 Å². The summed E-state index contributed by atoms with van der Waals surface area (Å²) in [6.45, 7) is 5.14. The van der Waals surface area contributed by atoms with Gasteiger partial charge in [0.1, 0.15) is 6.04 Å². The lowest BCUT2D eigenvalue weighted by Gasteiger charge is -2.15. The van der Waals surface area contributed by atoms with Crippen molar-refractivity contribution in [2.24, 2.45) is 5.41 Å². The van der Waals surface area contributed by atoms with E-state index in [4.69, 9.17) is 10.4 Å². The Morgan fingerprint density at radius 2 is 2.05 bits per heavy atom. The second kappa shape index (κ2) is 8.81. The van der Waals surface area contributed by atoms with Gasteiger partial charge in [0.2, 0.25) is 5.91 Å². The van der Waals surface area contributed by atoms with Crippen molar-refractivity contribution in [3.63, 3.8) is 0 Å². The highest BCUT2D eigenvalue weighted by Gasteiger charge is 2.18. The number of amides is 1. The van der Waals surface area contributed by atoms with Crippen LogP contribution in [0.15, 0.2) is 0 Å². The van der Waals surface area contributed by atoms with E-state index in [0.717, 1.165) is 25.0 Å². The molecule has 108 valence electrons. The number of nitriles is 1. The number of nitrogens with one attached hydrogen (secondary N) is 1. The van der Waals surface area contributed by atoms with E-state index in [0.29, 0.717) is 5.75 Å². The quantitative estimate of drug-likeness (QED) is 0.633. The van der Waals surface area contributed by atoms with E-state index in [1.807, 2.05) is 13.8 Å². The molecule has 5 nitrogen and oxygen atoms in total. The Labute approximate surface area is 118 Å². The van der Waals surface area contributed by atoms with E-state index in [-0.39, 0.29) is 11.3 Å². The van der Waals surface area contributed by atoms with Crippen molar-refractivity contribution in [1.29, 1.82) is 5.26 Å². The Hall–Kier alpha value is -1.22. The predicted molar refractivity (Wildman–Crippen MR) is 75.8 cm³/mol. The molecule has 1 unspecified atom stereocenters. The molecule has 0 aliphatic heterocycles. The molecule has 1 atom stereocenters. The van der Waals surface area contributed by atoms with E-state index in [9.17, 15) is 9.59 Å². The molecule has 0 saturated carbocycles. The number of unbranched alkanes of at least 4 members (excludes halogenated alkanes) is 1. The molecule has 0 spiro atoms. The van der Waals surface area contributed by atoms with Crippen molar-refractivity contribution in [2.45, 2.75) is 46.1 Å². The number of aliphatic carboxylic acids is 1. The molecule has 2 N–H and O–H groups in total. The van der Waals surface area contributed by atoms with Gasteiger partial charge < -0.3 is 10.4 Å². The van der Waals surface area contributed by atoms with Crippen LogP contribution in [-0.4, -0.2) is 34.5 Å². The molecule has 0 aromatic carbocycles. The maximum Gasteiger partial charge on any atom is 0.327 e. The molecule has 0 saturated heterocycles. The first-order valence-corrected chi connectivity index (χ1v) is 7.43. The highest BCUT2D eigenvalue weighted by Crippen LogP contribution is 2.22. The van der Waals surface area contributed by atoms with Crippen molar-refractivity contribution in [2.75, 3.05) is 11.5 Å². The third-order valence-corrected chi connectivity index (χ3v) is 3.75. The van der Waals surface area contributed by atoms with Gasteiger partial charge in [0.25, 0.3) is 0 Å². The van der Waals surface area contributed by atoms with Crippen LogP contribution in [0.25, 0.3) is 0 Å². The fourth-order valence-corrected chi connectivity index (χ4v) is 2.48.